The first kappa shape index (κ1) is 16.6. The number of ether oxygens (including phenoxy) is 1. The number of morpholine rings is 1. The van der Waals surface area contributed by atoms with E-state index >= 15 is 0 Å². The summed E-state index contributed by atoms with van der Waals surface area (Å²) < 4.78 is 7.81. The molecule has 1 amide bonds. The summed E-state index contributed by atoms with van der Waals surface area (Å²) in [7, 11) is 0. The molecule has 0 saturated carbocycles. The van der Waals surface area contributed by atoms with Gasteiger partial charge in [0.15, 0.2) is 0 Å². The Kier molecular flexibility index (Phi) is 5.20. The van der Waals surface area contributed by atoms with Gasteiger partial charge in [-0.1, -0.05) is 0 Å². The summed E-state index contributed by atoms with van der Waals surface area (Å²) in [5.74, 6) is 0.906. The SMILES string of the molecule is Cc1cc([C@@H]2CN(C(=O)CCCn3ccnc3)CCO2)nc(C)n1. The Bertz CT molecular complexity index is 666. The summed E-state index contributed by atoms with van der Waals surface area (Å²) in [6.07, 6.45) is 6.61. The third kappa shape index (κ3) is 4.17. The molecule has 0 spiro atoms. The van der Waals surface area contributed by atoms with Crippen LogP contribution in [0.5, 0.6) is 0 Å². The van der Waals surface area contributed by atoms with Crippen LogP contribution in [0, 0.1) is 13.8 Å². The van der Waals surface area contributed by atoms with E-state index in [1.807, 2.05) is 35.6 Å². The van der Waals surface area contributed by atoms with Crippen molar-refractivity contribution in [2.75, 3.05) is 19.7 Å². The average molecular weight is 329 g/mol. The van der Waals surface area contributed by atoms with Crippen LogP contribution < -0.4 is 0 Å². The van der Waals surface area contributed by atoms with Crippen molar-refractivity contribution in [1.82, 2.24) is 24.4 Å². The minimum Gasteiger partial charge on any atom is -0.368 e. The lowest BCUT2D eigenvalue weighted by Gasteiger charge is -2.33. The predicted molar refractivity (Wildman–Crippen MR) is 88.2 cm³/mol. The molecule has 0 aliphatic carbocycles. The summed E-state index contributed by atoms with van der Waals surface area (Å²) >= 11 is 0. The Morgan fingerprint density at radius 2 is 2.25 bits per heavy atom. The molecule has 0 aromatic carbocycles. The maximum absolute atomic E-state index is 12.5. The number of rotatable bonds is 5. The molecule has 0 unspecified atom stereocenters. The maximum Gasteiger partial charge on any atom is 0.222 e. The van der Waals surface area contributed by atoms with Gasteiger partial charge in [0, 0.05) is 37.6 Å². The van der Waals surface area contributed by atoms with E-state index < -0.39 is 0 Å². The third-order valence-electron chi connectivity index (χ3n) is 4.10. The molecule has 1 saturated heterocycles. The summed E-state index contributed by atoms with van der Waals surface area (Å²) in [5.41, 5.74) is 1.78. The predicted octanol–water partition coefficient (Wildman–Crippen LogP) is 1.67. The largest absolute Gasteiger partial charge is 0.368 e. The molecule has 7 heteroatoms. The fourth-order valence-electron chi connectivity index (χ4n) is 2.96. The van der Waals surface area contributed by atoms with Gasteiger partial charge in [-0.05, 0) is 26.3 Å². The van der Waals surface area contributed by atoms with Crippen LogP contribution in [0.25, 0.3) is 0 Å². The van der Waals surface area contributed by atoms with E-state index in [4.69, 9.17) is 4.74 Å². The lowest BCUT2D eigenvalue weighted by atomic mass is 10.1. The highest BCUT2D eigenvalue weighted by Gasteiger charge is 2.26. The van der Waals surface area contributed by atoms with Crippen molar-refractivity contribution < 1.29 is 9.53 Å². The van der Waals surface area contributed by atoms with Crippen molar-refractivity contribution in [1.29, 1.82) is 0 Å². The molecule has 2 aromatic heterocycles. The smallest absolute Gasteiger partial charge is 0.222 e. The normalized spacial score (nSPS) is 17.9. The van der Waals surface area contributed by atoms with Crippen LogP contribution >= 0.6 is 0 Å². The van der Waals surface area contributed by atoms with E-state index in [-0.39, 0.29) is 12.0 Å². The minimum atomic E-state index is -0.170. The van der Waals surface area contributed by atoms with E-state index in [9.17, 15) is 4.79 Å². The maximum atomic E-state index is 12.5. The Labute approximate surface area is 141 Å². The number of amides is 1. The van der Waals surface area contributed by atoms with Crippen LogP contribution in [-0.4, -0.2) is 50.0 Å². The number of hydrogen-bond acceptors (Lipinski definition) is 5. The van der Waals surface area contributed by atoms with Crippen molar-refractivity contribution >= 4 is 5.91 Å². The molecule has 0 N–H and O–H groups in total. The molecule has 1 aliphatic rings. The average Bonchev–Trinajstić information content (AvgIpc) is 3.07. The zero-order valence-corrected chi connectivity index (χ0v) is 14.2. The van der Waals surface area contributed by atoms with Gasteiger partial charge < -0.3 is 14.2 Å². The van der Waals surface area contributed by atoms with Gasteiger partial charge in [0.1, 0.15) is 11.9 Å². The summed E-state index contributed by atoms with van der Waals surface area (Å²) in [5, 5.41) is 0. The van der Waals surface area contributed by atoms with E-state index in [1.165, 1.54) is 0 Å². The van der Waals surface area contributed by atoms with Gasteiger partial charge in [0.2, 0.25) is 5.91 Å². The molecular formula is C17H23N5O2. The first-order valence-electron chi connectivity index (χ1n) is 8.29. The molecule has 7 nitrogen and oxygen atoms in total. The van der Waals surface area contributed by atoms with E-state index in [0.717, 1.165) is 30.2 Å². The lowest BCUT2D eigenvalue weighted by molar-refractivity contribution is -0.139. The number of carbonyl (C=O) groups is 1. The molecule has 3 heterocycles. The molecule has 1 fully saturated rings. The van der Waals surface area contributed by atoms with E-state index in [0.29, 0.717) is 26.1 Å². The third-order valence-corrected chi connectivity index (χ3v) is 4.10. The number of carbonyl (C=O) groups excluding carboxylic acids is 1. The molecule has 24 heavy (non-hydrogen) atoms. The van der Waals surface area contributed by atoms with Crippen LogP contribution in [0.4, 0.5) is 0 Å². The molecule has 0 radical (unpaired) electrons. The molecule has 1 atom stereocenters. The first-order chi connectivity index (χ1) is 11.6. The summed E-state index contributed by atoms with van der Waals surface area (Å²) in [4.78, 5) is 27.1. The number of nitrogens with zero attached hydrogens (tertiary/aromatic N) is 5. The highest BCUT2D eigenvalue weighted by molar-refractivity contribution is 5.76. The molecule has 0 bridgehead atoms. The van der Waals surface area contributed by atoms with E-state index in [2.05, 4.69) is 15.0 Å². The van der Waals surface area contributed by atoms with Gasteiger partial charge in [0.05, 0.1) is 25.2 Å². The Morgan fingerprint density at radius 3 is 3.00 bits per heavy atom. The standard InChI is InChI=1S/C17H23N5O2/c1-13-10-15(20-14(2)19-13)16-11-22(8-9-24-16)17(23)4-3-6-21-7-5-18-12-21/h5,7,10,12,16H,3-4,6,8-9,11H2,1-2H3/t16-/m0/s1. The number of hydrogen-bond donors (Lipinski definition) is 0. The molecule has 2 aromatic rings. The van der Waals surface area contributed by atoms with Crippen LogP contribution in [-0.2, 0) is 16.1 Å². The Hall–Kier alpha value is -2.28. The monoisotopic (exact) mass is 329 g/mol. The highest BCUT2D eigenvalue weighted by atomic mass is 16.5. The molecule has 128 valence electrons. The summed E-state index contributed by atoms with van der Waals surface area (Å²) in [6, 6.07) is 1.94. The van der Waals surface area contributed by atoms with Crippen molar-refractivity contribution in [2.45, 2.75) is 39.3 Å². The fraction of sp³-hybridized carbons (Fsp3) is 0.529. The van der Waals surface area contributed by atoms with Gasteiger partial charge in [-0.2, -0.15) is 0 Å². The Morgan fingerprint density at radius 1 is 1.38 bits per heavy atom. The van der Waals surface area contributed by atoms with Crippen LogP contribution in [0.15, 0.2) is 24.8 Å². The van der Waals surface area contributed by atoms with Crippen LogP contribution in [0.3, 0.4) is 0 Å². The van der Waals surface area contributed by atoms with Gasteiger partial charge in [-0.3, -0.25) is 4.79 Å². The van der Waals surface area contributed by atoms with Gasteiger partial charge >= 0.3 is 0 Å². The topological polar surface area (TPSA) is 73.1 Å². The highest BCUT2D eigenvalue weighted by Crippen LogP contribution is 2.22. The number of aryl methyl sites for hydroxylation is 3. The van der Waals surface area contributed by atoms with Crippen molar-refractivity contribution in [2.24, 2.45) is 0 Å². The number of aromatic nitrogens is 4. The summed E-state index contributed by atoms with van der Waals surface area (Å²) in [6.45, 7) is 6.37. The lowest BCUT2D eigenvalue weighted by Crippen LogP contribution is -2.42. The Balaban J connectivity index is 1.55. The second-order valence-corrected chi connectivity index (χ2v) is 6.08. The zero-order chi connectivity index (χ0) is 16.9. The second kappa shape index (κ2) is 7.53. The molecule has 1 aliphatic heterocycles. The van der Waals surface area contributed by atoms with Gasteiger partial charge in [0.25, 0.3) is 0 Å². The van der Waals surface area contributed by atoms with Crippen LogP contribution in [0.2, 0.25) is 0 Å². The van der Waals surface area contributed by atoms with Gasteiger partial charge in [-0.15, -0.1) is 0 Å². The second-order valence-electron chi connectivity index (χ2n) is 6.08. The minimum absolute atomic E-state index is 0.170. The van der Waals surface area contributed by atoms with Crippen molar-refractivity contribution in [3.05, 3.63) is 42.0 Å². The fourth-order valence-corrected chi connectivity index (χ4v) is 2.96. The zero-order valence-electron chi connectivity index (χ0n) is 14.2. The van der Waals surface area contributed by atoms with Crippen LogP contribution in [0.1, 0.15) is 36.2 Å². The van der Waals surface area contributed by atoms with E-state index in [1.54, 1.807) is 12.5 Å². The molecular weight excluding hydrogens is 306 g/mol. The first-order valence-corrected chi connectivity index (χ1v) is 8.29. The molecule has 3 rings (SSSR count). The van der Waals surface area contributed by atoms with Crippen molar-refractivity contribution in [3.8, 4) is 0 Å². The van der Waals surface area contributed by atoms with Gasteiger partial charge in [-0.25, -0.2) is 15.0 Å². The number of imidazole rings is 1. The van der Waals surface area contributed by atoms with Crippen molar-refractivity contribution in [3.63, 3.8) is 0 Å². The quantitative estimate of drug-likeness (QED) is 0.834.